The lowest BCUT2D eigenvalue weighted by molar-refractivity contribution is -0.137. The van der Waals surface area contributed by atoms with Crippen molar-refractivity contribution in [3.63, 3.8) is 0 Å². The van der Waals surface area contributed by atoms with Crippen LogP contribution in [0.1, 0.15) is 23.5 Å². The molecule has 1 fully saturated rings. The Labute approximate surface area is 195 Å². The average molecular weight is 460 g/mol. The second kappa shape index (κ2) is 9.01. The maximum Gasteiger partial charge on any atom is 0.407 e. The highest BCUT2D eigenvalue weighted by atomic mass is 16.5. The van der Waals surface area contributed by atoms with E-state index in [-0.39, 0.29) is 36.8 Å². The van der Waals surface area contributed by atoms with Gasteiger partial charge >= 0.3 is 12.1 Å². The maximum absolute atomic E-state index is 12.4. The van der Waals surface area contributed by atoms with Crippen LogP contribution in [0, 0.1) is 11.8 Å². The number of carbonyl (C=O) groups excluding carboxylic acids is 2. The van der Waals surface area contributed by atoms with E-state index in [4.69, 9.17) is 9.84 Å². The summed E-state index contributed by atoms with van der Waals surface area (Å²) in [7, 11) is 0. The Morgan fingerprint density at radius 3 is 2.41 bits per heavy atom. The molecule has 2 aromatic carbocycles. The fraction of sp³-hybridized carbons (Fsp3) is 0.280. The summed E-state index contributed by atoms with van der Waals surface area (Å²) in [5.74, 6) is -1.36. The third-order valence-electron chi connectivity index (χ3n) is 6.31. The zero-order valence-electron chi connectivity index (χ0n) is 18.3. The minimum Gasteiger partial charge on any atom is -0.480 e. The van der Waals surface area contributed by atoms with Crippen molar-refractivity contribution in [2.45, 2.75) is 18.9 Å². The average Bonchev–Trinajstić information content (AvgIpc) is 3.38. The number of carbonyl (C=O) groups is 3. The second-order valence-electron chi connectivity index (χ2n) is 8.62. The molecule has 2 amide bonds. The highest BCUT2D eigenvalue weighted by Gasteiger charge is 2.43. The molecular weight excluding hydrogens is 436 g/mol. The molecule has 2 aliphatic carbocycles. The third-order valence-corrected chi connectivity index (χ3v) is 6.31. The number of alkyl carbamates (subject to hydrolysis) is 1. The molecule has 3 aromatic rings. The van der Waals surface area contributed by atoms with Crippen LogP contribution >= 0.6 is 0 Å². The van der Waals surface area contributed by atoms with Crippen molar-refractivity contribution in [3.8, 4) is 11.1 Å². The van der Waals surface area contributed by atoms with Crippen LogP contribution in [0.2, 0.25) is 0 Å². The summed E-state index contributed by atoms with van der Waals surface area (Å²) in [5, 5.41) is 18.2. The molecule has 1 aromatic heterocycles. The predicted octanol–water partition coefficient (Wildman–Crippen LogP) is 3.08. The van der Waals surface area contributed by atoms with E-state index in [2.05, 4.69) is 40.0 Å². The molecule has 1 saturated carbocycles. The van der Waals surface area contributed by atoms with Crippen molar-refractivity contribution in [2.75, 3.05) is 18.5 Å². The van der Waals surface area contributed by atoms with Gasteiger partial charge in [-0.2, -0.15) is 5.10 Å². The van der Waals surface area contributed by atoms with Gasteiger partial charge in [-0.05, 0) is 34.6 Å². The molecule has 9 heteroatoms. The highest BCUT2D eigenvalue weighted by molar-refractivity contribution is 5.94. The zero-order chi connectivity index (χ0) is 23.7. The zero-order valence-corrected chi connectivity index (χ0v) is 18.3. The van der Waals surface area contributed by atoms with E-state index in [9.17, 15) is 14.4 Å². The molecule has 2 atom stereocenters. The molecule has 0 spiro atoms. The van der Waals surface area contributed by atoms with Gasteiger partial charge in [-0.1, -0.05) is 48.5 Å². The summed E-state index contributed by atoms with van der Waals surface area (Å²) in [5.41, 5.74) is 5.10. The smallest absolute Gasteiger partial charge is 0.407 e. The lowest BCUT2D eigenvalue weighted by Crippen LogP contribution is -2.29. The molecule has 34 heavy (non-hydrogen) atoms. The summed E-state index contributed by atoms with van der Waals surface area (Å²) in [6.45, 7) is 0.327. The van der Waals surface area contributed by atoms with E-state index < -0.39 is 12.1 Å². The molecule has 0 saturated heterocycles. The number of carboxylic acid groups (broad SMARTS) is 1. The summed E-state index contributed by atoms with van der Waals surface area (Å²) in [6, 6.07) is 16.3. The monoisotopic (exact) mass is 460 g/mol. The molecule has 5 rings (SSSR count). The van der Waals surface area contributed by atoms with Gasteiger partial charge in [0.15, 0.2) is 0 Å². The number of amides is 2. The summed E-state index contributed by atoms with van der Waals surface area (Å²) in [4.78, 5) is 35.4. The molecule has 9 nitrogen and oxygen atoms in total. The molecule has 0 radical (unpaired) electrons. The number of nitrogens with zero attached hydrogens (tertiary/aromatic N) is 2. The summed E-state index contributed by atoms with van der Waals surface area (Å²) >= 11 is 0. The van der Waals surface area contributed by atoms with Crippen molar-refractivity contribution in [1.29, 1.82) is 0 Å². The van der Waals surface area contributed by atoms with Gasteiger partial charge in [-0.15, -0.1) is 0 Å². The predicted molar refractivity (Wildman–Crippen MR) is 123 cm³/mol. The van der Waals surface area contributed by atoms with Gasteiger partial charge < -0.3 is 20.5 Å². The van der Waals surface area contributed by atoms with Gasteiger partial charge in [-0.3, -0.25) is 14.3 Å². The van der Waals surface area contributed by atoms with Crippen molar-refractivity contribution in [2.24, 2.45) is 11.8 Å². The van der Waals surface area contributed by atoms with Crippen molar-refractivity contribution in [1.82, 2.24) is 15.1 Å². The van der Waals surface area contributed by atoms with Crippen LogP contribution in [-0.4, -0.2) is 46.0 Å². The fourth-order valence-corrected chi connectivity index (χ4v) is 4.55. The number of fused-ring (bicyclic) bond motifs is 3. The summed E-state index contributed by atoms with van der Waals surface area (Å²) < 4.78 is 6.77. The number of aliphatic carboxylic acids is 1. The van der Waals surface area contributed by atoms with Crippen molar-refractivity contribution >= 4 is 23.7 Å². The first-order chi connectivity index (χ1) is 16.5. The van der Waals surface area contributed by atoms with Crippen LogP contribution in [0.5, 0.6) is 0 Å². The van der Waals surface area contributed by atoms with Crippen LogP contribution in [0.3, 0.4) is 0 Å². The van der Waals surface area contributed by atoms with E-state index in [1.165, 1.54) is 28.2 Å². The SMILES string of the molecule is O=C(O)Cn1cc(NC(=O)[C@H]2C[C@H]2CNC(=O)OCC2c3ccccc3-c3ccccc32)cn1. The molecule has 2 aliphatic rings. The highest BCUT2D eigenvalue weighted by Crippen LogP contribution is 2.44. The molecule has 3 N–H and O–H groups in total. The first-order valence-corrected chi connectivity index (χ1v) is 11.1. The van der Waals surface area contributed by atoms with Gasteiger partial charge in [-0.25, -0.2) is 4.79 Å². The minimum absolute atomic E-state index is 0.000329. The van der Waals surface area contributed by atoms with E-state index in [1.54, 1.807) is 0 Å². The Kier molecular flexibility index (Phi) is 5.75. The number of nitrogens with one attached hydrogen (secondary N) is 2. The number of rotatable bonds is 8. The van der Waals surface area contributed by atoms with Gasteiger partial charge in [0, 0.05) is 24.6 Å². The number of hydrogen-bond acceptors (Lipinski definition) is 5. The number of carboxylic acids is 1. The minimum atomic E-state index is -1.01. The van der Waals surface area contributed by atoms with Crippen LogP contribution in [0.25, 0.3) is 11.1 Å². The van der Waals surface area contributed by atoms with Gasteiger partial charge in [0.1, 0.15) is 13.2 Å². The molecule has 174 valence electrons. The quantitative estimate of drug-likeness (QED) is 0.475. The topological polar surface area (TPSA) is 123 Å². The van der Waals surface area contributed by atoms with Crippen LogP contribution in [-0.2, 0) is 20.9 Å². The Bertz CT molecular complexity index is 1210. The lowest BCUT2D eigenvalue weighted by Gasteiger charge is -2.14. The molecular formula is C25H24N4O5. The molecule has 0 unspecified atom stereocenters. The Balaban J connectivity index is 1.08. The molecule has 0 bridgehead atoms. The van der Waals surface area contributed by atoms with E-state index in [1.807, 2.05) is 24.3 Å². The van der Waals surface area contributed by atoms with Gasteiger partial charge in [0.05, 0.1) is 11.9 Å². The van der Waals surface area contributed by atoms with E-state index in [0.29, 0.717) is 18.7 Å². The maximum atomic E-state index is 12.4. The molecule has 1 heterocycles. The lowest BCUT2D eigenvalue weighted by atomic mass is 9.98. The first-order valence-electron chi connectivity index (χ1n) is 11.1. The number of benzene rings is 2. The largest absolute Gasteiger partial charge is 0.480 e. The van der Waals surface area contributed by atoms with E-state index >= 15 is 0 Å². The number of ether oxygens (including phenoxy) is 1. The Hall–Kier alpha value is -4.14. The number of anilines is 1. The van der Waals surface area contributed by atoms with Gasteiger partial charge in [0.25, 0.3) is 0 Å². The third kappa shape index (κ3) is 4.50. The first kappa shape index (κ1) is 21.7. The Morgan fingerprint density at radius 1 is 1.06 bits per heavy atom. The fourth-order valence-electron chi connectivity index (χ4n) is 4.55. The number of aromatic nitrogens is 2. The van der Waals surface area contributed by atoms with Crippen LogP contribution < -0.4 is 10.6 Å². The standard InChI is InChI=1S/C25H24N4O5/c30-23(31)13-29-12-16(11-27-29)28-24(32)21-9-15(21)10-26-25(33)34-14-22-19-7-3-1-5-17(19)18-6-2-4-8-20(18)22/h1-8,11-12,15,21-22H,9-10,13-14H2,(H,26,33)(H,28,32)(H,30,31)/t15-,21-/m0/s1. The second-order valence-corrected chi connectivity index (χ2v) is 8.62. The summed E-state index contributed by atoms with van der Waals surface area (Å²) in [6.07, 6.45) is 3.05. The van der Waals surface area contributed by atoms with Gasteiger partial charge in [0.2, 0.25) is 5.91 Å². The van der Waals surface area contributed by atoms with Crippen molar-refractivity contribution in [3.05, 3.63) is 72.1 Å². The number of hydrogen-bond donors (Lipinski definition) is 3. The normalized spacial score (nSPS) is 18.0. The van der Waals surface area contributed by atoms with Crippen molar-refractivity contribution < 1.29 is 24.2 Å². The molecule has 0 aliphatic heterocycles. The van der Waals surface area contributed by atoms with E-state index in [0.717, 1.165) is 11.1 Å². The Morgan fingerprint density at radius 2 is 1.74 bits per heavy atom. The van der Waals surface area contributed by atoms with Crippen LogP contribution in [0.4, 0.5) is 10.5 Å². The van der Waals surface area contributed by atoms with Crippen LogP contribution in [0.15, 0.2) is 60.9 Å².